The van der Waals surface area contributed by atoms with E-state index < -0.39 is 0 Å². The van der Waals surface area contributed by atoms with Gasteiger partial charge >= 0.3 is 0 Å². The Morgan fingerprint density at radius 3 is 2.23 bits per heavy atom. The number of aromatic nitrogens is 4. The summed E-state index contributed by atoms with van der Waals surface area (Å²) in [5, 5.41) is 4.78. The first-order valence-electron chi connectivity index (χ1n) is 10.1. The van der Waals surface area contributed by atoms with E-state index >= 15 is 0 Å². The van der Waals surface area contributed by atoms with Gasteiger partial charge in [-0.05, 0) is 43.3 Å². The van der Waals surface area contributed by atoms with Crippen LogP contribution in [0.2, 0.25) is 0 Å². The quantitative estimate of drug-likeness (QED) is 0.523. The van der Waals surface area contributed by atoms with E-state index in [-0.39, 0.29) is 0 Å². The second-order valence-corrected chi connectivity index (χ2v) is 7.44. The third kappa shape index (κ3) is 3.43. The minimum Gasteiger partial charge on any atom is -0.497 e. The van der Waals surface area contributed by atoms with Crippen LogP contribution in [0.4, 0.5) is 11.5 Å². The molecule has 0 amide bonds. The van der Waals surface area contributed by atoms with Crippen LogP contribution in [0.15, 0.2) is 60.7 Å². The van der Waals surface area contributed by atoms with Crippen LogP contribution < -0.4 is 14.5 Å². The summed E-state index contributed by atoms with van der Waals surface area (Å²) in [5.74, 6) is 3.15. The van der Waals surface area contributed by atoms with Gasteiger partial charge in [0.2, 0.25) is 0 Å². The van der Waals surface area contributed by atoms with Crippen molar-refractivity contribution in [2.24, 2.45) is 0 Å². The van der Waals surface area contributed by atoms with Crippen LogP contribution in [0, 0.1) is 6.92 Å². The SMILES string of the molecule is COc1ccc(-c2nc3nc(C)cc(N4CCN(c5ccccc5)CC4)n3n2)cc1. The normalized spacial score (nSPS) is 14.3. The van der Waals surface area contributed by atoms with Crippen molar-refractivity contribution in [1.29, 1.82) is 0 Å². The van der Waals surface area contributed by atoms with E-state index in [4.69, 9.17) is 9.84 Å². The lowest BCUT2D eigenvalue weighted by molar-refractivity contribution is 0.415. The van der Waals surface area contributed by atoms with Crippen molar-refractivity contribution in [3.8, 4) is 17.1 Å². The Hall–Kier alpha value is -3.61. The third-order valence-electron chi connectivity index (χ3n) is 5.49. The molecule has 0 atom stereocenters. The van der Waals surface area contributed by atoms with Gasteiger partial charge in [0.05, 0.1) is 7.11 Å². The molecule has 0 aliphatic carbocycles. The molecule has 3 heterocycles. The topological polar surface area (TPSA) is 58.8 Å². The molecule has 1 saturated heterocycles. The molecule has 0 radical (unpaired) electrons. The number of aryl methyl sites for hydroxylation is 1. The van der Waals surface area contributed by atoms with E-state index in [1.165, 1.54) is 5.69 Å². The van der Waals surface area contributed by atoms with Crippen molar-refractivity contribution in [3.63, 3.8) is 0 Å². The fourth-order valence-corrected chi connectivity index (χ4v) is 3.89. The fourth-order valence-electron chi connectivity index (χ4n) is 3.89. The van der Waals surface area contributed by atoms with Crippen LogP contribution in [-0.4, -0.2) is 52.9 Å². The van der Waals surface area contributed by atoms with Gasteiger partial charge in [-0.15, -0.1) is 5.10 Å². The average molecular weight is 400 g/mol. The summed E-state index contributed by atoms with van der Waals surface area (Å²) in [4.78, 5) is 14.1. The molecule has 7 nitrogen and oxygen atoms in total. The minimum atomic E-state index is 0.626. The van der Waals surface area contributed by atoms with E-state index in [0.29, 0.717) is 11.6 Å². The molecule has 0 N–H and O–H groups in total. The predicted octanol–water partition coefficient (Wildman–Crippen LogP) is 3.43. The largest absolute Gasteiger partial charge is 0.497 e. The molecule has 2 aromatic heterocycles. The molecule has 2 aromatic carbocycles. The van der Waals surface area contributed by atoms with Gasteiger partial charge < -0.3 is 14.5 Å². The highest BCUT2D eigenvalue weighted by Crippen LogP contribution is 2.24. The molecule has 7 heteroatoms. The van der Waals surface area contributed by atoms with E-state index in [1.54, 1.807) is 7.11 Å². The van der Waals surface area contributed by atoms with Gasteiger partial charge in [-0.1, -0.05) is 18.2 Å². The van der Waals surface area contributed by atoms with Crippen LogP contribution in [0.3, 0.4) is 0 Å². The lowest BCUT2D eigenvalue weighted by Crippen LogP contribution is -2.47. The molecule has 0 saturated carbocycles. The molecular formula is C23H24N6O. The summed E-state index contributed by atoms with van der Waals surface area (Å²) in [5.41, 5.74) is 3.16. The fraction of sp³-hybridized carbons (Fsp3) is 0.261. The van der Waals surface area contributed by atoms with Crippen molar-refractivity contribution in [2.45, 2.75) is 6.92 Å². The highest BCUT2D eigenvalue weighted by Gasteiger charge is 2.21. The highest BCUT2D eigenvalue weighted by atomic mass is 16.5. The molecule has 152 valence electrons. The number of anilines is 2. The average Bonchev–Trinajstić information content (AvgIpc) is 3.23. The second-order valence-electron chi connectivity index (χ2n) is 7.44. The number of para-hydroxylation sites is 1. The van der Waals surface area contributed by atoms with Crippen molar-refractivity contribution < 1.29 is 4.74 Å². The molecule has 0 unspecified atom stereocenters. The molecule has 1 fully saturated rings. The summed E-state index contributed by atoms with van der Waals surface area (Å²) in [6.45, 7) is 5.78. The molecule has 1 aliphatic heterocycles. The van der Waals surface area contributed by atoms with Crippen LogP contribution in [-0.2, 0) is 0 Å². The van der Waals surface area contributed by atoms with Crippen LogP contribution in [0.1, 0.15) is 5.69 Å². The Morgan fingerprint density at radius 1 is 0.833 bits per heavy atom. The Labute approximate surface area is 175 Å². The summed E-state index contributed by atoms with van der Waals surface area (Å²) in [6, 6.07) is 20.5. The Bertz CT molecular complexity index is 1150. The molecule has 1 aliphatic rings. The number of ether oxygens (including phenoxy) is 1. The van der Waals surface area contributed by atoms with Crippen LogP contribution in [0.25, 0.3) is 17.2 Å². The molecule has 0 bridgehead atoms. The zero-order valence-corrected chi connectivity index (χ0v) is 17.2. The Kier molecular flexibility index (Phi) is 4.71. The monoisotopic (exact) mass is 400 g/mol. The number of rotatable bonds is 4. The predicted molar refractivity (Wildman–Crippen MR) is 118 cm³/mol. The highest BCUT2D eigenvalue weighted by molar-refractivity contribution is 5.60. The third-order valence-corrected chi connectivity index (χ3v) is 5.49. The number of benzene rings is 2. The van der Waals surface area contributed by atoms with Crippen molar-refractivity contribution in [2.75, 3.05) is 43.1 Å². The number of hydrogen-bond acceptors (Lipinski definition) is 6. The van der Waals surface area contributed by atoms with E-state index in [1.807, 2.05) is 35.7 Å². The number of methoxy groups -OCH3 is 1. The maximum Gasteiger partial charge on any atom is 0.254 e. The zero-order valence-electron chi connectivity index (χ0n) is 17.2. The molecular weight excluding hydrogens is 376 g/mol. The Balaban J connectivity index is 1.43. The Morgan fingerprint density at radius 2 is 1.53 bits per heavy atom. The lowest BCUT2D eigenvalue weighted by atomic mass is 10.2. The molecule has 5 rings (SSSR count). The standard InChI is InChI=1S/C23H24N6O/c1-17-16-21(28-14-12-27(13-15-28)19-6-4-3-5-7-19)29-23(24-17)25-22(26-29)18-8-10-20(30-2)11-9-18/h3-11,16H,12-15H2,1-2H3. The first-order chi connectivity index (χ1) is 14.7. The van der Waals surface area contributed by atoms with Gasteiger partial charge in [0.15, 0.2) is 5.82 Å². The van der Waals surface area contributed by atoms with Gasteiger partial charge in [0.25, 0.3) is 5.78 Å². The number of nitrogens with zero attached hydrogens (tertiary/aromatic N) is 6. The molecule has 30 heavy (non-hydrogen) atoms. The lowest BCUT2D eigenvalue weighted by Gasteiger charge is -2.37. The van der Waals surface area contributed by atoms with Gasteiger partial charge in [0.1, 0.15) is 11.6 Å². The second kappa shape index (κ2) is 7.67. The number of fused-ring (bicyclic) bond motifs is 1. The summed E-state index contributed by atoms with van der Waals surface area (Å²) >= 11 is 0. The summed E-state index contributed by atoms with van der Waals surface area (Å²) in [7, 11) is 1.66. The zero-order chi connectivity index (χ0) is 20.5. The summed E-state index contributed by atoms with van der Waals surface area (Å²) in [6.07, 6.45) is 0. The van der Waals surface area contributed by atoms with Crippen molar-refractivity contribution in [1.82, 2.24) is 19.6 Å². The van der Waals surface area contributed by atoms with E-state index in [0.717, 1.165) is 49.0 Å². The van der Waals surface area contributed by atoms with Gasteiger partial charge in [-0.25, -0.2) is 4.98 Å². The molecule has 4 aromatic rings. The maximum absolute atomic E-state index is 5.25. The van der Waals surface area contributed by atoms with Gasteiger partial charge in [-0.3, -0.25) is 0 Å². The van der Waals surface area contributed by atoms with Crippen molar-refractivity contribution >= 4 is 17.3 Å². The van der Waals surface area contributed by atoms with Crippen LogP contribution in [0.5, 0.6) is 5.75 Å². The molecule has 0 spiro atoms. The maximum atomic E-state index is 5.25. The first kappa shape index (κ1) is 18.4. The van der Waals surface area contributed by atoms with Crippen LogP contribution >= 0.6 is 0 Å². The first-order valence-corrected chi connectivity index (χ1v) is 10.1. The smallest absolute Gasteiger partial charge is 0.254 e. The van der Waals surface area contributed by atoms with E-state index in [2.05, 4.69) is 56.2 Å². The number of piperazine rings is 1. The van der Waals surface area contributed by atoms with E-state index in [9.17, 15) is 0 Å². The van der Waals surface area contributed by atoms with Gasteiger partial charge in [-0.2, -0.15) is 9.50 Å². The summed E-state index contributed by atoms with van der Waals surface area (Å²) < 4.78 is 7.12. The minimum absolute atomic E-state index is 0.626. The number of hydrogen-bond donors (Lipinski definition) is 0. The van der Waals surface area contributed by atoms with Crippen molar-refractivity contribution in [3.05, 3.63) is 66.4 Å². The van der Waals surface area contributed by atoms with Gasteiger partial charge in [0, 0.05) is 49.2 Å².